The van der Waals surface area contributed by atoms with Crippen molar-refractivity contribution in [3.63, 3.8) is 0 Å². The lowest BCUT2D eigenvalue weighted by Crippen LogP contribution is -2.49. The van der Waals surface area contributed by atoms with Crippen LogP contribution in [0.4, 0.5) is 18.9 Å². The number of ketones is 1. The number of amides is 1. The van der Waals surface area contributed by atoms with E-state index in [9.17, 15) is 22.8 Å². The lowest BCUT2D eigenvalue weighted by molar-refractivity contribution is -0.137. The highest BCUT2D eigenvalue weighted by atomic mass is 35.5. The molecule has 1 saturated heterocycles. The van der Waals surface area contributed by atoms with Gasteiger partial charge in [-0.1, -0.05) is 17.7 Å². The van der Waals surface area contributed by atoms with Gasteiger partial charge in [0, 0.05) is 26.2 Å². The predicted octanol–water partition coefficient (Wildman–Crippen LogP) is 3.86. The van der Waals surface area contributed by atoms with Crippen molar-refractivity contribution in [2.75, 3.05) is 44.6 Å². The number of nitrogens with one attached hydrogen (secondary N) is 1. The first-order chi connectivity index (χ1) is 13.7. The van der Waals surface area contributed by atoms with E-state index < -0.39 is 17.6 Å². The van der Waals surface area contributed by atoms with E-state index in [4.69, 9.17) is 11.6 Å². The van der Waals surface area contributed by atoms with E-state index in [0.717, 1.165) is 23.1 Å². The van der Waals surface area contributed by atoms with Gasteiger partial charge in [0.15, 0.2) is 5.78 Å². The Morgan fingerprint density at radius 3 is 2.31 bits per heavy atom. The number of hydrogen-bond acceptors (Lipinski definition) is 5. The van der Waals surface area contributed by atoms with Gasteiger partial charge in [0.1, 0.15) is 0 Å². The molecule has 1 amide bonds. The number of Topliss-reactive ketones (excluding diaryl/α,β-unsaturated/α-hetero) is 1. The highest BCUT2D eigenvalue weighted by Gasteiger charge is 2.31. The minimum atomic E-state index is -4.51. The van der Waals surface area contributed by atoms with Crippen LogP contribution in [0.25, 0.3) is 0 Å². The Labute approximate surface area is 175 Å². The summed E-state index contributed by atoms with van der Waals surface area (Å²) in [6.07, 6.45) is -4.51. The van der Waals surface area contributed by atoms with E-state index in [1.54, 1.807) is 6.07 Å². The van der Waals surface area contributed by atoms with Crippen LogP contribution in [0.3, 0.4) is 0 Å². The molecular weight excluding hydrogens is 427 g/mol. The molecule has 29 heavy (non-hydrogen) atoms. The summed E-state index contributed by atoms with van der Waals surface area (Å²) in [6, 6.07) is 6.45. The number of piperazine rings is 1. The molecule has 0 atom stereocenters. The molecule has 1 N–H and O–H groups in total. The number of anilines is 1. The summed E-state index contributed by atoms with van der Waals surface area (Å²) >= 11 is 7.32. The second-order valence-corrected chi connectivity index (χ2v) is 8.05. The van der Waals surface area contributed by atoms with Gasteiger partial charge in [-0.05, 0) is 29.6 Å². The van der Waals surface area contributed by atoms with Crippen LogP contribution in [0.15, 0.2) is 35.7 Å². The van der Waals surface area contributed by atoms with Gasteiger partial charge in [0.05, 0.1) is 34.2 Å². The number of nitrogens with zero attached hydrogens (tertiary/aromatic N) is 2. The molecule has 0 bridgehead atoms. The highest BCUT2D eigenvalue weighted by Crippen LogP contribution is 2.33. The van der Waals surface area contributed by atoms with Gasteiger partial charge in [0.25, 0.3) is 0 Å². The van der Waals surface area contributed by atoms with Gasteiger partial charge in [-0.2, -0.15) is 13.2 Å². The Balaban J connectivity index is 1.48. The first-order valence-electron chi connectivity index (χ1n) is 8.90. The highest BCUT2D eigenvalue weighted by molar-refractivity contribution is 7.12. The van der Waals surface area contributed by atoms with Gasteiger partial charge in [-0.25, -0.2) is 0 Å². The van der Waals surface area contributed by atoms with E-state index >= 15 is 0 Å². The van der Waals surface area contributed by atoms with Crippen LogP contribution in [0.2, 0.25) is 5.02 Å². The first-order valence-corrected chi connectivity index (χ1v) is 10.2. The first kappa shape index (κ1) is 21.8. The molecule has 3 rings (SSSR count). The van der Waals surface area contributed by atoms with Crippen LogP contribution >= 0.6 is 22.9 Å². The van der Waals surface area contributed by atoms with Gasteiger partial charge < -0.3 is 5.32 Å². The fourth-order valence-electron chi connectivity index (χ4n) is 3.01. The summed E-state index contributed by atoms with van der Waals surface area (Å²) in [6.45, 7) is 2.81. The Morgan fingerprint density at radius 1 is 1.07 bits per heavy atom. The van der Waals surface area contributed by atoms with E-state index in [-0.39, 0.29) is 23.0 Å². The number of halogens is 4. The zero-order valence-corrected chi connectivity index (χ0v) is 16.9. The number of thiophene rings is 1. The summed E-state index contributed by atoms with van der Waals surface area (Å²) in [7, 11) is 0. The molecule has 1 fully saturated rings. The quantitative estimate of drug-likeness (QED) is 0.686. The molecule has 2 heterocycles. The molecule has 1 aliphatic rings. The molecule has 0 unspecified atom stereocenters. The molecular formula is C19H19ClF3N3O2S. The van der Waals surface area contributed by atoms with Crippen molar-refractivity contribution in [3.8, 4) is 0 Å². The van der Waals surface area contributed by atoms with Crippen molar-refractivity contribution in [2.45, 2.75) is 6.18 Å². The molecule has 1 aliphatic heterocycles. The summed E-state index contributed by atoms with van der Waals surface area (Å²) in [5.41, 5.74) is -0.937. The van der Waals surface area contributed by atoms with Gasteiger partial charge >= 0.3 is 6.18 Å². The molecule has 5 nitrogen and oxygen atoms in total. The molecule has 0 radical (unpaired) electrons. The number of hydrogen-bond donors (Lipinski definition) is 1. The van der Waals surface area contributed by atoms with Gasteiger partial charge in [-0.15, -0.1) is 11.3 Å². The van der Waals surface area contributed by atoms with E-state index in [2.05, 4.69) is 5.32 Å². The van der Waals surface area contributed by atoms with E-state index in [1.807, 2.05) is 21.2 Å². The van der Waals surface area contributed by atoms with Crippen molar-refractivity contribution in [1.82, 2.24) is 9.80 Å². The largest absolute Gasteiger partial charge is 0.416 e. The standard InChI is InChI=1S/C19H19ClF3N3O2S/c20-14-4-3-13(19(21,22)23)10-15(14)24-18(28)12-26-7-5-25(6-8-26)11-16(27)17-2-1-9-29-17/h1-4,9-10H,5-8,11-12H2,(H,24,28). The number of carbonyl (C=O) groups excluding carboxylic acids is 2. The van der Waals surface area contributed by atoms with E-state index in [0.29, 0.717) is 32.7 Å². The van der Waals surface area contributed by atoms with Crippen molar-refractivity contribution in [1.29, 1.82) is 0 Å². The molecule has 0 saturated carbocycles. The van der Waals surface area contributed by atoms with Crippen molar-refractivity contribution >= 4 is 40.3 Å². The Kier molecular flexibility index (Phi) is 6.94. The lowest BCUT2D eigenvalue weighted by Gasteiger charge is -2.33. The molecule has 0 spiro atoms. The van der Waals surface area contributed by atoms with Crippen LogP contribution in [0.5, 0.6) is 0 Å². The molecule has 2 aromatic rings. The predicted molar refractivity (Wildman–Crippen MR) is 107 cm³/mol. The van der Waals surface area contributed by atoms with Crippen LogP contribution < -0.4 is 5.32 Å². The van der Waals surface area contributed by atoms with Gasteiger partial charge in [-0.3, -0.25) is 19.4 Å². The minimum Gasteiger partial charge on any atom is -0.324 e. The summed E-state index contributed by atoms with van der Waals surface area (Å²) in [4.78, 5) is 29.1. The maximum absolute atomic E-state index is 12.8. The number of carbonyl (C=O) groups is 2. The van der Waals surface area contributed by atoms with Gasteiger partial charge in [0.2, 0.25) is 5.91 Å². The van der Waals surface area contributed by atoms with Crippen LogP contribution in [-0.2, 0) is 11.0 Å². The maximum atomic E-state index is 12.8. The zero-order valence-electron chi connectivity index (χ0n) is 15.3. The monoisotopic (exact) mass is 445 g/mol. The second kappa shape index (κ2) is 9.25. The molecule has 10 heteroatoms. The average Bonchev–Trinajstić information content (AvgIpc) is 3.19. The topological polar surface area (TPSA) is 52.7 Å². The Hall–Kier alpha value is -1.94. The normalized spacial score (nSPS) is 16.0. The summed E-state index contributed by atoms with van der Waals surface area (Å²) < 4.78 is 38.5. The van der Waals surface area contributed by atoms with Crippen molar-refractivity contribution in [3.05, 3.63) is 51.2 Å². The number of benzene rings is 1. The zero-order chi connectivity index (χ0) is 21.0. The number of alkyl halides is 3. The molecule has 1 aromatic heterocycles. The molecule has 156 valence electrons. The number of rotatable bonds is 6. The van der Waals surface area contributed by atoms with Crippen molar-refractivity contribution < 1.29 is 22.8 Å². The average molecular weight is 446 g/mol. The SMILES string of the molecule is O=C(CN1CCN(CC(=O)c2cccs2)CC1)Nc1cc(C(F)(F)F)ccc1Cl. The summed E-state index contributed by atoms with van der Waals surface area (Å²) in [5, 5.41) is 4.36. The third-order valence-corrected chi connectivity index (χ3v) is 5.80. The Morgan fingerprint density at radius 2 is 1.72 bits per heavy atom. The van der Waals surface area contributed by atoms with E-state index in [1.165, 1.54) is 11.3 Å². The fourth-order valence-corrected chi connectivity index (χ4v) is 3.84. The van der Waals surface area contributed by atoms with Crippen LogP contribution in [0, 0.1) is 0 Å². The third kappa shape index (κ3) is 6.02. The van der Waals surface area contributed by atoms with Crippen LogP contribution in [0.1, 0.15) is 15.2 Å². The molecule has 0 aliphatic carbocycles. The summed E-state index contributed by atoms with van der Waals surface area (Å²) in [5.74, 6) is -0.361. The van der Waals surface area contributed by atoms with Crippen LogP contribution in [-0.4, -0.2) is 60.8 Å². The lowest BCUT2D eigenvalue weighted by atomic mass is 10.2. The smallest absolute Gasteiger partial charge is 0.324 e. The van der Waals surface area contributed by atoms with Crippen molar-refractivity contribution in [2.24, 2.45) is 0 Å². The third-order valence-electron chi connectivity index (χ3n) is 4.56. The Bertz CT molecular complexity index is 866. The minimum absolute atomic E-state index is 0.0410. The maximum Gasteiger partial charge on any atom is 0.416 e. The molecule has 1 aromatic carbocycles. The fraction of sp³-hybridized carbons (Fsp3) is 0.368. The second-order valence-electron chi connectivity index (χ2n) is 6.69.